The molecule has 1 aromatic carbocycles. The van der Waals surface area contributed by atoms with Crippen LogP contribution in [0.25, 0.3) is 0 Å². The molecule has 1 rings (SSSR count). The second-order valence-corrected chi connectivity index (χ2v) is 3.74. The minimum absolute atomic E-state index is 0.0427. The molecule has 0 aromatic heterocycles. The van der Waals surface area contributed by atoms with E-state index < -0.39 is 4.92 Å². The Morgan fingerprint density at radius 2 is 2.12 bits per heavy atom. The first-order valence-corrected chi connectivity index (χ1v) is 5.67. The summed E-state index contributed by atoms with van der Waals surface area (Å²) < 4.78 is 10.5. The largest absolute Gasteiger partial charge is 0.489 e. The fraction of sp³-hybridized carbons (Fsp3) is 0.455. The summed E-state index contributed by atoms with van der Waals surface area (Å²) in [5.41, 5.74) is -0.0427. The predicted octanol–water partition coefficient (Wildman–Crippen LogP) is 3.05. The molecule has 0 N–H and O–H groups in total. The first-order valence-electron chi connectivity index (χ1n) is 5.29. The lowest BCUT2D eigenvalue weighted by Crippen LogP contribution is -2.07. The molecule has 0 bridgehead atoms. The summed E-state index contributed by atoms with van der Waals surface area (Å²) in [5.74, 6) is 0.306. The van der Waals surface area contributed by atoms with E-state index in [9.17, 15) is 10.1 Å². The average molecular weight is 260 g/mol. The van der Waals surface area contributed by atoms with Crippen LogP contribution in [-0.2, 0) is 4.74 Å². The molecule has 17 heavy (non-hydrogen) atoms. The maximum absolute atomic E-state index is 10.6. The Morgan fingerprint density at radius 1 is 1.35 bits per heavy atom. The molecule has 0 saturated heterocycles. The Bertz CT molecular complexity index is 384. The molecular weight excluding hydrogens is 246 g/mol. The zero-order valence-corrected chi connectivity index (χ0v) is 10.3. The SMILES string of the molecule is CCCOCCOc1cc([N+](=O)[O-])ccc1Cl. The minimum atomic E-state index is -0.489. The molecule has 0 heterocycles. The molecule has 6 heteroatoms. The van der Waals surface area contributed by atoms with E-state index in [-0.39, 0.29) is 5.69 Å². The average Bonchev–Trinajstić information content (AvgIpc) is 2.30. The third kappa shape index (κ3) is 4.58. The smallest absolute Gasteiger partial charge is 0.273 e. The zero-order valence-electron chi connectivity index (χ0n) is 9.52. The Hall–Kier alpha value is -1.33. The van der Waals surface area contributed by atoms with Crippen LogP contribution in [0.15, 0.2) is 18.2 Å². The number of halogens is 1. The molecule has 0 aliphatic carbocycles. The van der Waals surface area contributed by atoms with Crippen LogP contribution >= 0.6 is 11.6 Å². The molecule has 0 amide bonds. The van der Waals surface area contributed by atoms with Crippen molar-refractivity contribution in [3.63, 3.8) is 0 Å². The zero-order chi connectivity index (χ0) is 12.7. The highest BCUT2D eigenvalue weighted by Gasteiger charge is 2.10. The van der Waals surface area contributed by atoms with Gasteiger partial charge in [-0.25, -0.2) is 0 Å². The molecule has 0 spiro atoms. The van der Waals surface area contributed by atoms with E-state index in [1.165, 1.54) is 18.2 Å². The Kier molecular flexibility index (Phi) is 5.72. The van der Waals surface area contributed by atoms with Gasteiger partial charge in [-0.3, -0.25) is 10.1 Å². The molecule has 0 radical (unpaired) electrons. The van der Waals surface area contributed by atoms with Gasteiger partial charge in [0.1, 0.15) is 12.4 Å². The van der Waals surface area contributed by atoms with Crippen molar-refractivity contribution in [1.82, 2.24) is 0 Å². The van der Waals surface area contributed by atoms with Crippen LogP contribution < -0.4 is 4.74 Å². The summed E-state index contributed by atoms with van der Waals surface area (Å²) in [7, 11) is 0. The van der Waals surface area contributed by atoms with Crippen molar-refractivity contribution in [2.75, 3.05) is 19.8 Å². The Balaban J connectivity index is 2.51. The lowest BCUT2D eigenvalue weighted by molar-refractivity contribution is -0.384. The monoisotopic (exact) mass is 259 g/mol. The van der Waals surface area contributed by atoms with Crippen LogP contribution in [0.1, 0.15) is 13.3 Å². The van der Waals surface area contributed by atoms with E-state index in [1.54, 1.807) is 0 Å². The van der Waals surface area contributed by atoms with Gasteiger partial charge >= 0.3 is 0 Å². The highest BCUT2D eigenvalue weighted by atomic mass is 35.5. The maximum atomic E-state index is 10.6. The molecule has 0 aliphatic heterocycles. The van der Waals surface area contributed by atoms with Gasteiger partial charge in [0.25, 0.3) is 5.69 Å². The van der Waals surface area contributed by atoms with Crippen LogP contribution in [0.3, 0.4) is 0 Å². The van der Waals surface area contributed by atoms with Crippen molar-refractivity contribution in [3.8, 4) is 5.75 Å². The number of nitro groups is 1. The van der Waals surface area contributed by atoms with E-state index in [2.05, 4.69) is 0 Å². The van der Waals surface area contributed by atoms with Gasteiger partial charge in [-0.1, -0.05) is 18.5 Å². The third-order valence-electron chi connectivity index (χ3n) is 1.96. The lowest BCUT2D eigenvalue weighted by Gasteiger charge is -2.07. The minimum Gasteiger partial charge on any atom is -0.489 e. The predicted molar refractivity (Wildman–Crippen MR) is 64.7 cm³/mol. The third-order valence-corrected chi connectivity index (χ3v) is 2.27. The number of benzene rings is 1. The first-order chi connectivity index (χ1) is 8.15. The van der Waals surface area contributed by atoms with Crippen LogP contribution in [0.4, 0.5) is 5.69 Å². The standard InChI is InChI=1S/C11H14ClNO4/c1-2-5-16-6-7-17-11-8-9(13(14)15)3-4-10(11)12/h3-4,8H,2,5-7H2,1H3. The van der Waals surface area contributed by atoms with Gasteiger partial charge in [-0.05, 0) is 12.5 Å². The van der Waals surface area contributed by atoms with E-state index in [4.69, 9.17) is 21.1 Å². The molecular formula is C11H14ClNO4. The van der Waals surface area contributed by atoms with Gasteiger partial charge in [0.05, 0.1) is 22.6 Å². The van der Waals surface area contributed by atoms with Gasteiger partial charge in [0, 0.05) is 12.7 Å². The van der Waals surface area contributed by atoms with Crippen molar-refractivity contribution >= 4 is 17.3 Å². The molecule has 0 atom stereocenters. The number of nitrogens with zero attached hydrogens (tertiary/aromatic N) is 1. The molecule has 0 saturated carbocycles. The quantitative estimate of drug-likeness (QED) is 0.429. The number of ether oxygens (including phenoxy) is 2. The fourth-order valence-corrected chi connectivity index (χ4v) is 1.35. The second kappa shape index (κ2) is 7.09. The molecule has 5 nitrogen and oxygen atoms in total. The Morgan fingerprint density at radius 3 is 2.76 bits per heavy atom. The number of nitro benzene ring substituents is 1. The molecule has 1 aromatic rings. The van der Waals surface area contributed by atoms with Gasteiger partial charge in [0.2, 0.25) is 0 Å². The van der Waals surface area contributed by atoms with E-state index in [0.717, 1.165) is 6.42 Å². The van der Waals surface area contributed by atoms with Gasteiger partial charge in [0.15, 0.2) is 0 Å². The molecule has 0 unspecified atom stereocenters. The molecule has 0 aliphatic rings. The van der Waals surface area contributed by atoms with Crippen LogP contribution in [-0.4, -0.2) is 24.7 Å². The van der Waals surface area contributed by atoms with Crippen molar-refractivity contribution in [3.05, 3.63) is 33.3 Å². The van der Waals surface area contributed by atoms with Crippen molar-refractivity contribution < 1.29 is 14.4 Å². The van der Waals surface area contributed by atoms with E-state index in [1.807, 2.05) is 6.92 Å². The van der Waals surface area contributed by atoms with Gasteiger partial charge in [-0.15, -0.1) is 0 Å². The fourth-order valence-electron chi connectivity index (χ4n) is 1.17. The molecule has 94 valence electrons. The van der Waals surface area contributed by atoms with Crippen LogP contribution in [0.5, 0.6) is 5.75 Å². The normalized spacial score (nSPS) is 10.2. The number of non-ortho nitro benzene ring substituents is 1. The summed E-state index contributed by atoms with van der Waals surface area (Å²) in [6, 6.07) is 4.09. The van der Waals surface area contributed by atoms with Crippen molar-refractivity contribution in [1.29, 1.82) is 0 Å². The van der Waals surface area contributed by atoms with Crippen molar-refractivity contribution in [2.24, 2.45) is 0 Å². The second-order valence-electron chi connectivity index (χ2n) is 3.33. The molecule has 0 fully saturated rings. The number of rotatable bonds is 7. The van der Waals surface area contributed by atoms with Crippen LogP contribution in [0, 0.1) is 10.1 Å². The summed E-state index contributed by atoms with van der Waals surface area (Å²) in [6.45, 7) is 3.44. The highest BCUT2D eigenvalue weighted by Crippen LogP contribution is 2.28. The van der Waals surface area contributed by atoms with E-state index in [0.29, 0.717) is 30.6 Å². The maximum Gasteiger partial charge on any atom is 0.273 e. The van der Waals surface area contributed by atoms with Gasteiger partial charge < -0.3 is 9.47 Å². The number of hydrogen-bond donors (Lipinski definition) is 0. The van der Waals surface area contributed by atoms with Gasteiger partial charge in [-0.2, -0.15) is 0 Å². The summed E-state index contributed by atoms with van der Waals surface area (Å²) in [6.07, 6.45) is 0.942. The summed E-state index contributed by atoms with van der Waals surface area (Å²) in [4.78, 5) is 10.1. The van der Waals surface area contributed by atoms with E-state index >= 15 is 0 Å². The summed E-state index contributed by atoms with van der Waals surface area (Å²) >= 11 is 5.85. The first kappa shape index (κ1) is 13.7. The Labute approximate surface area is 104 Å². The van der Waals surface area contributed by atoms with Crippen molar-refractivity contribution in [2.45, 2.75) is 13.3 Å². The lowest BCUT2D eigenvalue weighted by atomic mass is 10.3. The topological polar surface area (TPSA) is 61.6 Å². The summed E-state index contributed by atoms with van der Waals surface area (Å²) in [5, 5.41) is 10.9. The number of hydrogen-bond acceptors (Lipinski definition) is 4. The highest BCUT2D eigenvalue weighted by molar-refractivity contribution is 6.32. The van der Waals surface area contributed by atoms with Crippen LogP contribution in [0.2, 0.25) is 5.02 Å².